The summed E-state index contributed by atoms with van der Waals surface area (Å²) in [4.78, 5) is 25.3. The predicted octanol–water partition coefficient (Wildman–Crippen LogP) is 1.10. The van der Waals surface area contributed by atoms with Crippen LogP contribution in [0.5, 0.6) is 0 Å². The molecule has 1 fully saturated rings. The molecule has 0 radical (unpaired) electrons. The summed E-state index contributed by atoms with van der Waals surface area (Å²) >= 11 is 0. The van der Waals surface area contributed by atoms with Crippen molar-refractivity contribution in [3.8, 4) is 0 Å². The van der Waals surface area contributed by atoms with Crippen LogP contribution >= 0.6 is 0 Å². The molecule has 0 aromatic carbocycles. The smallest absolute Gasteiger partial charge is 0.236 e. The summed E-state index contributed by atoms with van der Waals surface area (Å²) in [7, 11) is 5.71. The maximum atomic E-state index is 12.4. The number of rotatable bonds is 6. The number of carbonyl (C=O) groups excluding carboxylic acids is 1. The summed E-state index contributed by atoms with van der Waals surface area (Å²) in [6, 6.07) is 0. The van der Waals surface area contributed by atoms with Gasteiger partial charge in [-0.1, -0.05) is 0 Å². The van der Waals surface area contributed by atoms with Crippen LogP contribution < -0.4 is 5.32 Å². The van der Waals surface area contributed by atoms with E-state index in [2.05, 4.69) is 25.5 Å². The van der Waals surface area contributed by atoms with E-state index in [1.54, 1.807) is 23.3 Å². The summed E-state index contributed by atoms with van der Waals surface area (Å²) in [5.41, 5.74) is 1.63. The molecule has 3 aromatic rings. The van der Waals surface area contributed by atoms with Gasteiger partial charge >= 0.3 is 0 Å². The summed E-state index contributed by atoms with van der Waals surface area (Å²) in [5.74, 6) is 1.07. The third-order valence-electron chi connectivity index (χ3n) is 5.09. The summed E-state index contributed by atoms with van der Waals surface area (Å²) in [6.45, 7) is 2.79. The Morgan fingerprint density at radius 3 is 2.90 bits per heavy atom. The Morgan fingerprint density at radius 1 is 1.28 bits per heavy atom. The molecule has 0 saturated carbocycles. The van der Waals surface area contributed by atoms with Gasteiger partial charge in [-0.05, 0) is 32.9 Å². The Hall–Kier alpha value is -3.01. The molecule has 1 aliphatic rings. The highest BCUT2D eigenvalue weighted by molar-refractivity contribution is 5.78. The van der Waals surface area contributed by atoms with Crippen LogP contribution in [0.1, 0.15) is 12.8 Å². The predicted molar refractivity (Wildman–Crippen MR) is 110 cm³/mol. The average Bonchev–Trinajstić information content (AvgIpc) is 3.27. The second-order valence-corrected chi connectivity index (χ2v) is 7.91. The quantitative estimate of drug-likeness (QED) is 0.665. The highest BCUT2D eigenvalue weighted by Gasteiger charge is 2.25. The van der Waals surface area contributed by atoms with Crippen molar-refractivity contribution in [3.63, 3.8) is 0 Å². The van der Waals surface area contributed by atoms with Crippen molar-refractivity contribution in [2.75, 3.05) is 39.0 Å². The Morgan fingerprint density at radius 2 is 2.14 bits per heavy atom. The molecule has 10 heteroatoms. The molecule has 10 nitrogen and oxygen atoms in total. The van der Waals surface area contributed by atoms with Gasteiger partial charge in [0, 0.05) is 39.1 Å². The second kappa shape index (κ2) is 8.16. The first-order valence-corrected chi connectivity index (χ1v) is 9.84. The summed E-state index contributed by atoms with van der Waals surface area (Å²) < 4.78 is 3.65. The van der Waals surface area contributed by atoms with Gasteiger partial charge in [0.25, 0.3) is 0 Å². The highest BCUT2D eigenvalue weighted by Crippen LogP contribution is 2.21. The normalized spacial score (nSPS) is 17.2. The van der Waals surface area contributed by atoms with E-state index < -0.39 is 0 Å². The van der Waals surface area contributed by atoms with Crippen molar-refractivity contribution >= 4 is 28.6 Å². The molecule has 29 heavy (non-hydrogen) atoms. The average molecular weight is 397 g/mol. The van der Waals surface area contributed by atoms with Crippen LogP contribution in [0.2, 0.25) is 0 Å². The number of piperidine rings is 1. The van der Waals surface area contributed by atoms with Crippen LogP contribution in [0.3, 0.4) is 0 Å². The van der Waals surface area contributed by atoms with Crippen molar-refractivity contribution < 1.29 is 4.79 Å². The summed E-state index contributed by atoms with van der Waals surface area (Å²) in [6.07, 6.45) is 9.27. The molecule has 1 aliphatic heterocycles. The Bertz CT molecular complexity index is 993. The highest BCUT2D eigenvalue weighted by atomic mass is 16.2. The Balaban J connectivity index is 1.47. The Labute approximate surface area is 169 Å². The number of aryl methyl sites for hydroxylation is 1. The van der Waals surface area contributed by atoms with Crippen LogP contribution in [0, 0.1) is 5.92 Å². The van der Waals surface area contributed by atoms with Gasteiger partial charge in [-0.25, -0.2) is 9.67 Å². The lowest BCUT2D eigenvalue weighted by Gasteiger charge is -2.33. The van der Waals surface area contributed by atoms with Crippen LogP contribution in [0.25, 0.3) is 11.0 Å². The molecule has 3 aromatic heterocycles. The minimum atomic E-state index is 0.190. The van der Waals surface area contributed by atoms with E-state index in [9.17, 15) is 4.79 Å². The molecular weight excluding hydrogens is 370 g/mol. The topological polar surface area (TPSA) is 97.0 Å². The molecular formula is C19H27N9O. The number of hydrogen-bond acceptors (Lipinski definition) is 7. The Kier molecular flexibility index (Phi) is 5.43. The number of aromatic nitrogens is 6. The van der Waals surface area contributed by atoms with Gasteiger partial charge in [0.2, 0.25) is 11.9 Å². The van der Waals surface area contributed by atoms with E-state index in [4.69, 9.17) is 0 Å². The van der Waals surface area contributed by atoms with Gasteiger partial charge in [0.15, 0.2) is 5.65 Å². The number of amides is 1. The number of hydrogen-bond donors (Lipinski definition) is 1. The van der Waals surface area contributed by atoms with E-state index in [-0.39, 0.29) is 5.91 Å². The zero-order chi connectivity index (χ0) is 20.4. The molecule has 1 N–H and O–H groups in total. The van der Waals surface area contributed by atoms with Gasteiger partial charge in [0.05, 0.1) is 30.0 Å². The number of nitrogens with one attached hydrogen (secondary N) is 1. The lowest BCUT2D eigenvalue weighted by atomic mass is 9.98. The summed E-state index contributed by atoms with van der Waals surface area (Å²) in [5, 5.41) is 12.7. The lowest BCUT2D eigenvalue weighted by molar-refractivity contribution is -0.133. The van der Waals surface area contributed by atoms with Gasteiger partial charge in [-0.3, -0.25) is 9.48 Å². The van der Waals surface area contributed by atoms with E-state index in [1.807, 2.05) is 41.8 Å². The fourth-order valence-corrected chi connectivity index (χ4v) is 3.73. The van der Waals surface area contributed by atoms with Crippen LogP contribution in [-0.4, -0.2) is 79.0 Å². The van der Waals surface area contributed by atoms with Gasteiger partial charge in [-0.15, -0.1) is 0 Å². The van der Waals surface area contributed by atoms with Gasteiger partial charge < -0.3 is 15.1 Å². The number of fused-ring (bicyclic) bond motifs is 1. The maximum absolute atomic E-state index is 12.4. The first-order valence-electron chi connectivity index (χ1n) is 9.84. The molecule has 1 amide bonds. The lowest BCUT2D eigenvalue weighted by Crippen LogP contribution is -2.44. The number of anilines is 2. The van der Waals surface area contributed by atoms with Crippen LogP contribution in [0.15, 0.2) is 24.8 Å². The van der Waals surface area contributed by atoms with Crippen molar-refractivity contribution in [2.24, 2.45) is 13.0 Å². The SMILES string of the molecule is CN(C)CC(=O)N1CCCC(Cn2ncc3cnc(Nc4cnn(C)c4)nc32)C1. The van der Waals surface area contributed by atoms with Crippen molar-refractivity contribution in [1.29, 1.82) is 0 Å². The fraction of sp³-hybridized carbons (Fsp3) is 0.526. The third kappa shape index (κ3) is 4.53. The monoisotopic (exact) mass is 397 g/mol. The van der Waals surface area contributed by atoms with Crippen molar-refractivity contribution in [1.82, 2.24) is 39.3 Å². The standard InChI is InChI=1S/C19H27N9O/c1-25(2)13-17(29)27-6-4-5-14(10-27)11-28-18-15(8-22-28)7-20-19(24-18)23-16-9-21-26(3)12-16/h7-9,12,14H,4-6,10-11,13H2,1-3H3,(H,20,23,24). The zero-order valence-corrected chi connectivity index (χ0v) is 17.1. The van der Waals surface area contributed by atoms with E-state index in [0.717, 1.165) is 49.2 Å². The minimum Gasteiger partial charge on any atom is -0.341 e. The molecule has 0 bridgehead atoms. The first kappa shape index (κ1) is 19.3. The molecule has 1 atom stereocenters. The molecule has 1 unspecified atom stereocenters. The molecule has 0 spiro atoms. The van der Waals surface area contributed by atoms with E-state index in [1.165, 1.54) is 0 Å². The molecule has 154 valence electrons. The number of likely N-dealkylation sites (N-methyl/N-ethyl adjacent to an activating group) is 1. The number of likely N-dealkylation sites (tertiary alicyclic amines) is 1. The maximum Gasteiger partial charge on any atom is 0.236 e. The van der Waals surface area contributed by atoms with Crippen LogP contribution in [-0.2, 0) is 18.4 Å². The van der Waals surface area contributed by atoms with Crippen molar-refractivity contribution in [3.05, 3.63) is 24.8 Å². The molecule has 4 heterocycles. The van der Waals surface area contributed by atoms with Crippen molar-refractivity contribution in [2.45, 2.75) is 19.4 Å². The molecule has 4 rings (SSSR count). The number of carbonyl (C=O) groups is 1. The largest absolute Gasteiger partial charge is 0.341 e. The van der Waals surface area contributed by atoms with Crippen LogP contribution in [0.4, 0.5) is 11.6 Å². The molecule has 0 aliphatic carbocycles. The fourth-order valence-electron chi connectivity index (χ4n) is 3.73. The molecule has 1 saturated heterocycles. The minimum absolute atomic E-state index is 0.190. The first-order chi connectivity index (χ1) is 14.0. The second-order valence-electron chi connectivity index (χ2n) is 7.91. The zero-order valence-electron chi connectivity index (χ0n) is 17.1. The van der Waals surface area contributed by atoms with Gasteiger partial charge in [0.1, 0.15) is 0 Å². The third-order valence-corrected chi connectivity index (χ3v) is 5.09. The van der Waals surface area contributed by atoms with E-state index >= 15 is 0 Å². The van der Waals surface area contributed by atoms with Gasteiger partial charge in [-0.2, -0.15) is 15.2 Å². The van der Waals surface area contributed by atoms with E-state index in [0.29, 0.717) is 18.4 Å². The number of nitrogens with zero attached hydrogens (tertiary/aromatic N) is 8.